The van der Waals surface area contributed by atoms with Crippen molar-refractivity contribution in [2.24, 2.45) is 0 Å². The average molecular weight is 389 g/mol. The minimum Gasteiger partial charge on any atom is -0.492 e. The number of nitrogens with zero attached hydrogens (tertiary/aromatic N) is 3. The number of hydrogen-bond donors (Lipinski definition) is 0. The van der Waals surface area contributed by atoms with Crippen molar-refractivity contribution in [2.75, 3.05) is 13.7 Å². The third-order valence-electron chi connectivity index (χ3n) is 4.84. The first-order valence-electron chi connectivity index (χ1n) is 9.74. The summed E-state index contributed by atoms with van der Waals surface area (Å²) >= 11 is 0. The van der Waals surface area contributed by atoms with E-state index in [-0.39, 0.29) is 5.82 Å². The van der Waals surface area contributed by atoms with Crippen LogP contribution in [0.1, 0.15) is 11.4 Å². The van der Waals surface area contributed by atoms with E-state index in [0.717, 1.165) is 29.9 Å². The van der Waals surface area contributed by atoms with Crippen molar-refractivity contribution >= 4 is 11.0 Å². The van der Waals surface area contributed by atoms with Crippen molar-refractivity contribution in [1.29, 1.82) is 0 Å². The fraction of sp³-hybridized carbons (Fsp3) is 0.208. The molecule has 3 aromatic carbocycles. The summed E-state index contributed by atoms with van der Waals surface area (Å²) in [5.74, 6) is 1.41. The highest BCUT2D eigenvalue weighted by molar-refractivity contribution is 5.75. The molecule has 0 aliphatic rings. The summed E-state index contributed by atoms with van der Waals surface area (Å²) < 4.78 is 21.1. The molecular formula is C24H24FN3O. The Labute approximate surface area is 170 Å². The Kier molecular flexibility index (Phi) is 5.86. The highest BCUT2D eigenvalue weighted by atomic mass is 19.1. The summed E-state index contributed by atoms with van der Waals surface area (Å²) in [6.45, 7) is 2.75. The quantitative estimate of drug-likeness (QED) is 0.430. The monoisotopic (exact) mass is 389 g/mol. The van der Waals surface area contributed by atoms with Crippen LogP contribution < -0.4 is 4.74 Å². The molecule has 1 aromatic heterocycles. The van der Waals surface area contributed by atoms with E-state index in [2.05, 4.69) is 46.8 Å². The van der Waals surface area contributed by atoms with Crippen LogP contribution in [0.25, 0.3) is 11.0 Å². The van der Waals surface area contributed by atoms with Crippen molar-refractivity contribution in [1.82, 2.24) is 14.5 Å². The Bertz CT molecular complexity index is 1060. The predicted molar refractivity (Wildman–Crippen MR) is 113 cm³/mol. The Morgan fingerprint density at radius 2 is 1.62 bits per heavy atom. The molecule has 29 heavy (non-hydrogen) atoms. The number of ether oxygens (including phenoxy) is 1. The SMILES string of the molecule is CN(Cc1ccccc1)Cc1nc2ccccc2n1CCOc1ccc(F)cc1. The van der Waals surface area contributed by atoms with Gasteiger partial charge in [-0.25, -0.2) is 9.37 Å². The molecule has 4 nitrogen and oxygen atoms in total. The van der Waals surface area contributed by atoms with E-state index >= 15 is 0 Å². The molecule has 0 spiro atoms. The van der Waals surface area contributed by atoms with E-state index in [4.69, 9.17) is 9.72 Å². The topological polar surface area (TPSA) is 30.3 Å². The van der Waals surface area contributed by atoms with E-state index < -0.39 is 0 Å². The molecule has 0 radical (unpaired) electrons. The van der Waals surface area contributed by atoms with Gasteiger partial charge in [0.2, 0.25) is 0 Å². The third kappa shape index (κ3) is 4.81. The zero-order chi connectivity index (χ0) is 20.1. The van der Waals surface area contributed by atoms with Gasteiger partial charge in [0.1, 0.15) is 24.0 Å². The van der Waals surface area contributed by atoms with Crippen LogP contribution in [-0.4, -0.2) is 28.1 Å². The smallest absolute Gasteiger partial charge is 0.124 e. The molecule has 0 saturated carbocycles. The maximum atomic E-state index is 13.1. The van der Waals surface area contributed by atoms with E-state index in [9.17, 15) is 4.39 Å². The lowest BCUT2D eigenvalue weighted by molar-refractivity contribution is 0.281. The zero-order valence-corrected chi connectivity index (χ0v) is 16.5. The summed E-state index contributed by atoms with van der Waals surface area (Å²) in [6, 6.07) is 24.7. The Balaban J connectivity index is 1.48. The van der Waals surface area contributed by atoms with E-state index in [1.165, 1.54) is 17.7 Å². The summed E-state index contributed by atoms with van der Waals surface area (Å²) in [5, 5.41) is 0. The van der Waals surface area contributed by atoms with Crippen molar-refractivity contribution in [3.8, 4) is 5.75 Å². The maximum absolute atomic E-state index is 13.1. The number of para-hydroxylation sites is 2. The number of hydrogen-bond acceptors (Lipinski definition) is 3. The molecule has 0 atom stereocenters. The number of halogens is 1. The van der Waals surface area contributed by atoms with Gasteiger partial charge in [0, 0.05) is 6.54 Å². The maximum Gasteiger partial charge on any atom is 0.124 e. The number of imidazole rings is 1. The number of aromatic nitrogens is 2. The number of fused-ring (bicyclic) bond motifs is 1. The van der Waals surface area contributed by atoms with Crippen molar-refractivity contribution < 1.29 is 9.13 Å². The molecule has 0 amide bonds. The van der Waals surface area contributed by atoms with E-state index in [1.54, 1.807) is 12.1 Å². The highest BCUT2D eigenvalue weighted by Crippen LogP contribution is 2.18. The number of benzene rings is 3. The first-order chi connectivity index (χ1) is 14.2. The Morgan fingerprint density at radius 1 is 0.897 bits per heavy atom. The van der Waals surface area contributed by atoms with Gasteiger partial charge >= 0.3 is 0 Å². The molecule has 5 heteroatoms. The van der Waals surface area contributed by atoms with Gasteiger partial charge < -0.3 is 9.30 Å². The normalized spacial score (nSPS) is 11.3. The van der Waals surface area contributed by atoms with Crippen LogP contribution in [0.3, 0.4) is 0 Å². The van der Waals surface area contributed by atoms with Crippen LogP contribution in [0.15, 0.2) is 78.9 Å². The molecule has 0 aliphatic heterocycles. The van der Waals surface area contributed by atoms with Gasteiger partial charge in [-0.2, -0.15) is 0 Å². The molecule has 148 valence electrons. The van der Waals surface area contributed by atoms with Crippen LogP contribution in [0.5, 0.6) is 5.75 Å². The summed E-state index contributed by atoms with van der Waals surface area (Å²) in [4.78, 5) is 7.11. The lowest BCUT2D eigenvalue weighted by atomic mass is 10.2. The van der Waals surface area contributed by atoms with Crippen LogP contribution in [0.4, 0.5) is 4.39 Å². The molecule has 0 fully saturated rings. The van der Waals surface area contributed by atoms with Crippen LogP contribution in [-0.2, 0) is 19.6 Å². The van der Waals surface area contributed by atoms with Crippen LogP contribution >= 0.6 is 0 Å². The molecule has 4 aromatic rings. The van der Waals surface area contributed by atoms with Gasteiger partial charge in [0.05, 0.1) is 24.1 Å². The summed E-state index contributed by atoms with van der Waals surface area (Å²) in [7, 11) is 2.10. The lowest BCUT2D eigenvalue weighted by Gasteiger charge is -2.18. The molecule has 0 saturated heterocycles. The van der Waals surface area contributed by atoms with Crippen molar-refractivity contribution in [2.45, 2.75) is 19.6 Å². The Hall–Kier alpha value is -3.18. The predicted octanol–water partition coefficient (Wildman–Crippen LogP) is 4.89. The number of rotatable bonds is 8. The molecule has 1 heterocycles. The minimum absolute atomic E-state index is 0.262. The Morgan fingerprint density at radius 3 is 2.41 bits per heavy atom. The summed E-state index contributed by atoms with van der Waals surface area (Å²) in [6.07, 6.45) is 0. The zero-order valence-electron chi connectivity index (χ0n) is 16.5. The lowest BCUT2D eigenvalue weighted by Crippen LogP contribution is -2.21. The van der Waals surface area contributed by atoms with Gasteiger partial charge in [-0.3, -0.25) is 4.90 Å². The first kappa shape index (κ1) is 19.2. The van der Waals surface area contributed by atoms with Gasteiger partial charge in [-0.05, 0) is 49.0 Å². The molecular weight excluding hydrogens is 365 g/mol. The summed E-state index contributed by atoms with van der Waals surface area (Å²) in [5.41, 5.74) is 3.35. The molecule has 4 rings (SSSR count). The van der Waals surface area contributed by atoms with Gasteiger partial charge in [-0.1, -0.05) is 42.5 Å². The standard InChI is InChI=1S/C24H24FN3O/c1-27(17-19-7-3-2-4-8-19)18-24-26-22-9-5-6-10-23(22)28(24)15-16-29-21-13-11-20(25)12-14-21/h2-14H,15-18H2,1H3. The molecule has 0 aliphatic carbocycles. The fourth-order valence-electron chi connectivity index (χ4n) is 3.47. The largest absolute Gasteiger partial charge is 0.492 e. The van der Waals surface area contributed by atoms with Gasteiger partial charge in [-0.15, -0.1) is 0 Å². The van der Waals surface area contributed by atoms with Gasteiger partial charge in [0.25, 0.3) is 0 Å². The minimum atomic E-state index is -0.262. The third-order valence-corrected chi connectivity index (χ3v) is 4.84. The van der Waals surface area contributed by atoms with Crippen LogP contribution in [0, 0.1) is 5.82 Å². The highest BCUT2D eigenvalue weighted by Gasteiger charge is 2.13. The molecule has 0 N–H and O–H groups in total. The fourth-order valence-corrected chi connectivity index (χ4v) is 3.47. The first-order valence-corrected chi connectivity index (χ1v) is 9.74. The molecule has 0 unspecified atom stereocenters. The van der Waals surface area contributed by atoms with E-state index in [1.807, 2.05) is 24.3 Å². The second kappa shape index (κ2) is 8.88. The van der Waals surface area contributed by atoms with Crippen molar-refractivity contribution in [3.63, 3.8) is 0 Å². The molecule has 0 bridgehead atoms. The van der Waals surface area contributed by atoms with Gasteiger partial charge in [0.15, 0.2) is 0 Å². The van der Waals surface area contributed by atoms with Crippen molar-refractivity contribution in [3.05, 3.63) is 96.1 Å². The second-order valence-corrected chi connectivity index (χ2v) is 7.13. The van der Waals surface area contributed by atoms with Crippen LogP contribution in [0.2, 0.25) is 0 Å². The average Bonchev–Trinajstić information content (AvgIpc) is 3.07. The van der Waals surface area contributed by atoms with E-state index in [0.29, 0.717) is 18.9 Å². The second-order valence-electron chi connectivity index (χ2n) is 7.13.